The highest BCUT2D eigenvalue weighted by atomic mass is 16.5. The minimum atomic E-state index is -0.470. The van der Waals surface area contributed by atoms with Crippen LogP contribution in [0.25, 0.3) is 0 Å². The van der Waals surface area contributed by atoms with E-state index >= 15 is 0 Å². The average molecular weight is 264 g/mol. The van der Waals surface area contributed by atoms with Crippen molar-refractivity contribution in [3.05, 3.63) is 36.3 Å². The van der Waals surface area contributed by atoms with Gasteiger partial charge in [-0.1, -0.05) is 0 Å². The van der Waals surface area contributed by atoms with Crippen molar-refractivity contribution < 1.29 is 14.3 Å². The van der Waals surface area contributed by atoms with E-state index < -0.39 is 5.97 Å². The standard InChI is InChI=1S/C14H20N2O3/c1-11(2)19-14(17)13-12(7-5-8-15-13)18-10-6-9-16(3)4/h5-9,11H,10H2,1-4H3. The monoisotopic (exact) mass is 264 g/mol. The molecule has 1 heterocycles. The molecule has 0 saturated carbocycles. The van der Waals surface area contributed by atoms with Crippen LogP contribution in [0.1, 0.15) is 24.3 Å². The first-order chi connectivity index (χ1) is 9.00. The Morgan fingerprint density at radius 1 is 1.47 bits per heavy atom. The molecular formula is C14H20N2O3. The molecule has 0 aliphatic rings. The zero-order chi connectivity index (χ0) is 14.3. The van der Waals surface area contributed by atoms with Crippen LogP contribution in [0.4, 0.5) is 0 Å². The Morgan fingerprint density at radius 3 is 2.84 bits per heavy atom. The molecule has 0 bridgehead atoms. The minimum Gasteiger partial charge on any atom is -0.487 e. The second-order valence-electron chi connectivity index (χ2n) is 4.46. The van der Waals surface area contributed by atoms with Crippen LogP contribution in [0.5, 0.6) is 5.75 Å². The summed E-state index contributed by atoms with van der Waals surface area (Å²) in [5.41, 5.74) is 0.203. The molecule has 1 rings (SSSR count). The lowest BCUT2D eigenvalue weighted by atomic mass is 10.3. The zero-order valence-corrected chi connectivity index (χ0v) is 11.8. The molecule has 104 valence electrons. The number of hydrogen-bond donors (Lipinski definition) is 0. The van der Waals surface area contributed by atoms with Crippen LogP contribution in [0.15, 0.2) is 30.6 Å². The second kappa shape index (κ2) is 7.41. The van der Waals surface area contributed by atoms with Crippen molar-refractivity contribution in [3.8, 4) is 5.75 Å². The Morgan fingerprint density at radius 2 is 2.21 bits per heavy atom. The van der Waals surface area contributed by atoms with Gasteiger partial charge in [0, 0.05) is 20.3 Å². The first-order valence-electron chi connectivity index (χ1n) is 6.12. The first-order valence-corrected chi connectivity index (χ1v) is 6.12. The fourth-order valence-corrected chi connectivity index (χ4v) is 1.32. The van der Waals surface area contributed by atoms with Gasteiger partial charge in [-0.05, 0) is 38.3 Å². The maximum atomic E-state index is 11.8. The quantitative estimate of drug-likeness (QED) is 0.736. The zero-order valence-electron chi connectivity index (χ0n) is 11.8. The molecule has 1 aromatic rings. The summed E-state index contributed by atoms with van der Waals surface area (Å²) in [6.07, 6.45) is 5.09. The van der Waals surface area contributed by atoms with Gasteiger partial charge in [0.15, 0.2) is 11.4 Å². The molecule has 0 unspecified atom stereocenters. The van der Waals surface area contributed by atoms with Gasteiger partial charge in [-0.25, -0.2) is 9.78 Å². The maximum Gasteiger partial charge on any atom is 0.361 e. The van der Waals surface area contributed by atoms with Gasteiger partial charge in [-0.2, -0.15) is 0 Å². The van der Waals surface area contributed by atoms with Gasteiger partial charge in [-0.15, -0.1) is 0 Å². The van der Waals surface area contributed by atoms with Crippen molar-refractivity contribution in [2.75, 3.05) is 20.7 Å². The van der Waals surface area contributed by atoms with Gasteiger partial charge in [0.25, 0.3) is 0 Å². The van der Waals surface area contributed by atoms with Crippen LogP contribution in [0, 0.1) is 0 Å². The van der Waals surface area contributed by atoms with Crippen molar-refractivity contribution in [1.29, 1.82) is 0 Å². The molecule has 0 aromatic carbocycles. The molecule has 1 aromatic heterocycles. The van der Waals surface area contributed by atoms with E-state index in [1.54, 1.807) is 32.2 Å². The van der Waals surface area contributed by atoms with E-state index in [1.165, 1.54) is 0 Å². The summed E-state index contributed by atoms with van der Waals surface area (Å²) in [4.78, 5) is 17.7. The SMILES string of the molecule is CC(C)OC(=O)c1ncccc1OCC=CN(C)C. The lowest BCUT2D eigenvalue weighted by molar-refractivity contribution is 0.0366. The molecule has 5 nitrogen and oxygen atoms in total. The van der Waals surface area contributed by atoms with E-state index in [0.29, 0.717) is 12.4 Å². The highest BCUT2D eigenvalue weighted by Crippen LogP contribution is 2.17. The van der Waals surface area contributed by atoms with Crippen LogP contribution in [0.3, 0.4) is 0 Å². The van der Waals surface area contributed by atoms with E-state index in [-0.39, 0.29) is 11.8 Å². The van der Waals surface area contributed by atoms with Crippen LogP contribution in [-0.2, 0) is 4.74 Å². The Bertz CT molecular complexity index is 442. The largest absolute Gasteiger partial charge is 0.487 e. The van der Waals surface area contributed by atoms with E-state index in [9.17, 15) is 4.79 Å². The van der Waals surface area contributed by atoms with Gasteiger partial charge in [0.1, 0.15) is 6.61 Å². The predicted molar refractivity (Wildman–Crippen MR) is 73.1 cm³/mol. The summed E-state index contributed by atoms with van der Waals surface area (Å²) in [5, 5.41) is 0. The molecule has 0 fully saturated rings. The summed E-state index contributed by atoms with van der Waals surface area (Å²) in [6.45, 7) is 3.95. The number of rotatable bonds is 6. The molecule has 0 radical (unpaired) electrons. The molecule has 0 atom stereocenters. The summed E-state index contributed by atoms with van der Waals surface area (Å²) in [5.74, 6) is -0.0428. The number of aromatic nitrogens is 1. The Kier molecular flexibility index (Phi) is 5.85. The van der Waals surface area contributed by atoms with Crippen molar-refractivity contribution in [1.82, 2.24) is 9.88 Å². The van der Waals surface area contributed by atoms with E-state index in [1.807, 2.05) is 31.3 Å². The van der Waals surface area contributed by atoms with Crippen LogP contribution in [0.2, 0.25) is 0 Å². The highest BCUT2D eigenvalue weighted by molar-refractivity contribution is 5.90. The minimum absolute atomic E-state index is 0.184. The van der Waals surface area contributed by atoms with Gasteiger partial charge in [0.05, 0.1) is 6.10 Å². The molecule has 0 aliphatic carbocycles. The second-order valence-corrected chi connectivity index (χ2v) is 4.46. The van der Waals surface area contributed by atoms with Crippen LogP contribution < -0.4 is 4.74 Å². The number of pyridine rings is 1. The lowest BCUT2D eigenvalue weighted by Crippen LogP contribution is -2.14. The predicted octanol–water partition coefficient (Wildman–Crippen LogP) is 2.10. The van der Waals surface area contributed by atoms with Crippen LogP contribution in [-0.4, -0.2) is 42.7 Å². The van der Waals surface area contributed by atoms with Crippen molar-refractivity contribution in [2.45, 2.75) is 20.0 Å². The number of carbonyl (C=O) groups is 1. The molecular weight excluding hydrogens is 244 g/mol. The van der Waals surface area contributed by atoms with Crippen molar-refractivity contribution in [2.24, 2.45) is 0 Å². The third-order valence-corrected chi connectivity index (χ3v) is 2.05. The number of esters is 1. The molecule has 19 heavy (non-hydrogen) atoms. The Labute approximate surface area is 113 Å². The Hall–Kier alpha value is -2.04. The fourth-order valence-electron chi connectivity index (χ4n) is 1.32. The summed E-state index contributed by atoms with van der Waals surface area (Å²) >= 11 is 0. The number of ether oxygens (including phenoxy) is 2. The summed E-state index contributed by atoms with van der Waals surface area (Å²) in [6, 6.07) is 3.42. The Balaban J connectivity index is 2.70. The van der Waals surface area contributed by atoms with E-state index in [0.717, 1.165) is 0 Å². The van der Waals surface area contributed by atoms with Gasteiger partial charge in [-0.3, -0.25) is 0 Å². The molecule has 5 heteroatoms. The fraction of sp³-hybridized carbons (Fsp3) is 0.429. The third-order valence-electron chi connectivity index (χ3n) is 2.05. The smallest absolute Gasteiger partial charge is 0.361 e. The molecule has 0 amide bonds. The third kappa shape index (κ3) is 5.42. The van der Waals surface area contributed by atoms with Gasteiger partial charge >= 0.3 is 5.97 Å². The molecule has 0 saturated heterocycles. The summed E-state index contributed by atoms with van der Waals surface area (Å²) < 4.78 is 10.6. The van der Waals surface area contributed by atoms with Gasteiger partial charge < -0.3 is 14.4 Å². The van der Waals surface area contributed by atoms with E-state index in [2.05, 4.69) is 4.98 Å². The molecule has 0 spiro atoms. The number of carbonyl (C=O) groups excluding carboxylic acids is 1. The lowest BCUT2D eigenvalue weighted by Gasteiger charge is -2.11. The number of nitrogens with zero attached hydrogens (tertiary/aromatic N) is 2. The topological polar surface area (TPSA) is 51.7 Å². The maximum absolute atomic E-state index is 11.8. The number of hydrogen-bond acceptors (Lipinski definition) is 5. The van der Waals surface area contributed by atoms with Gasteiger partial charge in [0.2, 0.25) is 0 Å². The molecule has 0 aliphatic heterocycles. The normalized spacial score (nSPS) is 10.8. The van der Waals surface area contributed by atoms with E-state index in [4.69, 9.17) is 9.47 Å². The van der Waals surface area contributed by atoms with Crippen molar-refractivity contribution in [3.63, 3.8) is 0 Å². The van der Waals surface area contributed by atoms with Crippen molar-refractivity contribution >= 4 is 5.97 Å². The molecule has 0 N–H and O–H groups in total. The summed E-state index contributed by atoms with van der Waals surface area (Å²) in [7, 11) is 3.85. The highest BCUT2D eigenvalue weighted by Gasteiger charge is 2.16. The first kappa shape index (κ1) is 15.0. The van der Waals surface area contributed by atoms with Crippen LogP contribution >= 0.6 is 0 Å². The average Bonchev–Trinajstić information content (AvgIpc) is 2.34.